The predicted molar refractivity (Wildman–Crippen MR) is 79.4 cm³/mol. The van der Waals surface area contributed by atoms with Gasteiger partial charge in [-0.2, -0.15) is 0 Å². The summed E-state index contributed by atoms with van der Waals surface area (Å²) in [5, 5.41) is 0.705. The van der Waals surface area contributed by atoms with Crippen LogP contribution in [0.4, 0.5) is 0 Å². The molecule has 0 radical (unpaired) electrons. The van der Waals surface area contributed by atoms with Gasteiger partial charge in [0.2, 0.25) is 0 Å². The van der Waals surface area contributed by atoms with Crippen molar-refractivity contribution in [3.8, 4) is 11.5 Å². The summed E-state index contributed by atoms with van der Waals surface area (Å²) < 4.78 is 11.3. The van der Waals surface area contributed by atoms with Crippen LogP contribution in [0.2, 0.25) is 5.02 Å². The van der Waals surface area contributed by atoms with Crippen LogP contribution in [-0.2, 0) is 0 Å². The fraction of sp³-hybridized carbons (Fsp3) is 0.250. The Hall–Kier alpha value is -1.71. The quantitative estimate of drug-likeness (QED) is 0.913. The molecule has 2 N–H and O–H groups in total. The van der Waals surface area contributed by atoms with Crippen molar-refractivity contribution < 1.29 is 9.47 Å². The molecule has 0 saturated heterocycles. The standard InChI is InChI=1S/C16H16ClNO2/c1-19-10-6-7-12-14(18)9-16(20-15(12)8-10)11-4-2-3-5-13(11)17/h2-8,14,16H,9,18H2,1H3/t14-,16?/m1/s1. The maximum absolute atomic E-state index is 6.25. The minimum atomic E-state index is -0.127. The Balaban J connectivity index is 1.97. The van der Waals surface area contributed by atoms with Crippen molar-refractivity contribution in [2.24, 2.45) is 5.73 Å². The second-order valence-corrected chi connectivity index (χ2v) is 5.28. The van der Waals surface area contributed by atoms with Gasteiger partial charge in [0.05, 0.1) is 7.11 Å². The molecule has 2 aromatic carbocycles. The Bertz CT molecular complexity index is 630. The average molecular weight is 290 g/mol. The second kappa shape index (κ2) is 5.35. The molecule has 2 atom stereocenters. The summed E-state index contributed by atoms with van der Waals surface area (Å²) in [4.78, 5) is 0. The van der Waals surface area contributed by atoms with Gasteiger partial charge in [-0.3, -0.25) is 0 Å². The molecule has 0 saturated carbocycles. The molecular formula is C16H16ClNO2. The van der Waals surface area contributed by atoms with Crippen LogP contribution in [0.1, 0.15) is 29.7 Å². The first-order chi connectivity index (χ1) is 9.69. The first-order valence-corrected chi connectivity index (χ1v) is 6.91. The summed E-state index contributed by atoms with van der Waals surface area (Å²) in [5.41, 5.74) is 8.23. The number of fused-ring (bicyclic) bond motifs is 1. The average Bonchev–Trinajstić information content (AvgIpc) is 2.47. The van der Waals surface area contributed by atoms with Crippen LogP contribution in [0.25, 0.3) is 0 Å². The highest BCUT2D eigenvalue weighted by Gasteiger charge is 2.28. The van der Waals surface area contributed by atoms with Crippen molar-refractivity contribution in [2.45, 2.75) is 18.6 Å². The molecule has 0 aromatic heterocycles. The number of ether oxygens (including phenoxy) is 2. The maximum Gasteiger partial charge on any atom is 0.128 e. The van der Waals surface area contributed by atoms with Gasteiger partial charge in [0.1, 0.15) is 17.6 Å². The van der Waals surface area contributed by atoms with E-state index in [0.717, 1.165) is 22.6 Å². The van der Waals surface area contributed by atoms with Crippen LogP contribution in [-0.4, -0.2) is 7.11 Å². The fourth-order valence-electron chi connectivity index (χ4n) is 2.54. The Morgan fingerprint density at radius 2 is 2.00 bits per heavy atom. The number of hydrogen-bond acceptors (Lipinski definition) is 3. The van der Waals surface area contributed by atoms with Crippen molar-refractivity contribution >= 4 is 11.6 Å². The van der Waals surface area contributed by atoms with Gasteiger partial charge in [-0.1, -0.05) is 35.9 Å². The predicted octanol–water partition coefficient (Wildman–Crippen LogP) is 3.87. The Labute approximate surface area is 123 Å². The van der Waals surface area contributed by atoms with Crippen molar-refractivity contribution in [1.29, 1.82) is 0 Å². The van der Waals surface area contributed by atoms with Crippen LogP contribution in [0.15, 0.2) is 42.5 Å². The molecule has 2 aromatic rings. The smallest absolute Gasteiger partial charge is 0.128 e. The van der Waals surface area contributed by atoms with E-state index in [2.05, 4.69) is 0 Å². The first kappa shape index (κ1) is 13.3. The largest absolute Gasteiger partial charge is 0.497 e. The van der Waals surface area contributed by atoms with Crippen LogP contribution in [0.3, 0.4) is 0 Å². The molecule has 1 aliphatic rings. The third kappa shape index (κ3) is 2.35. The van der Waals surface area contributed by atoms with Crippen LogP contribution in [0.5, 0.6) is 11.5 Å². The first-order valence-electron chi connectivity index (χ1n) is 6.53. The van der Waals surface area contributed by atoms with Gasteiger partial charge in [0, 0.05) is 34.7 Å². The number of methoxy groups -OCH3 is 1. The van der Waals surface area contributed by atoms with Gasteiger partial charge in [-0.25, -0.2) is 0 Å². The molecule has 0 aliphatic carbocycles. The van der Waals surface area contributed by atoms with Gasteiger partial charge in [-0.05, 0) is 12.1 Å². The van der Waals surface area contributed by atoms with E-state index in [1.54, 1.807) is 7.11 Å². The van der Waals surface area contributed by atoms with Crippen LogP contribution < -0.4 is 15.2 Å². The van der Waals surface area contributed by atoms with E-state index in [-0.39, 0.29) is 12.1 Å². The Morgan fingerprint density at radius 3 is 2.75 bits per heavy atom. The molecule has 1 aliphatic heterocycles. The van der Waals surface area contributed by atoms with Crippen molar-refractivity contribution in [3.05, 3.63) is 58.6 Å². The highest BCUT2D eigenvalue weighted by atomic mass is 35.5. The van der Waals surface area contributed by atoms with Crippen molar-refractivity contribution in [3.63, 3.8) is 0 Å². The molecule has 104 valence electrons. The normalized spacial score (nSPS) is 20.9. The molecule has 4 heteroatoms. The molecular weight excluding hydrogens is 274 g/mol. The van der Waals surface area contributed by atoms with Gasteiger partial charge >= 0.3 is 0 Å². The zero-order chi connectivity index (χ0) is 14.1. The lowest BCUT2D eigenvalue weighted by Crippen LogP contribution is -2.24. The summed E-state index contributed by atoms with van der Waals surface area (Å²) in [5.74, 6) is 1.53. The minimum absolute atomic E-state index is 0.0640. The van der Waals surface area contributed by atoms with Crippen molar-refractivity contribution in [2.75, 3.05) is 7.11 Å². The summed E-state index contributed by atoms with van der Waals surface area (Å²) in [6, 6.07) is 13.4. The van der Waals surface area contributed by atoms with Crippen molar-refractivity contribution in [1.82, 2.24) is 0 Å². The lowest BCUT2D eigenvalue weighted by atomic mass is 9.93. The summed E-state index contributed by atoms with van der Waals surface area (Å²) >= 11 is 6.25. The van der Waals surface area contributed by atoms with E-state index in [1.807, 2.05) is 42.5 Å². The van der Waals surface area contributed by atoms with E-state index in [4.69, 9.17) is 26.8 Å². The third-order valence-electron chi connectivity index (χ3n) is 3.61. The fourth-order valence-corrected chi connectivity index (χ4v) is 2.79. The minimum Gasteiger partial charge on any atom is -0.497 e. The molecule has 0 spiro atoms. The van der Waals surface area contributed by atoms with Crippen LogP contribution in [0, 0.1) is 0 Å². The van der Waals surface area contributed by atoms with E-state index in [0.29, 0.717) is 11.4 Å². The molecule has 3 nitrogen and oxygen atoms in total. The summed E-state index contributed by atoms with van der Waals surface area (Å²) in [6.45, 7) is 0. The van der Waals surface area contributed by atoms with Gasteiger partial charge in [0.15, 0.2) is 0 Å². The van der Waals surface area contributed by atoms with Gasteiger partial charge in [-0.15, -0.1) is 0 Å². The lowest BCUT2D eigenvalue weighted by Gasteiger charge is -2.31. The topological polar surface area (TPSA) is 44.5 Å². The van der Waals surface area contributed by atoms with Crippen LogP contribution >= 0.6 is 11.6 Å². The zero-order valence-electron chi connectivity index (χ0n) is 11.2. The number of nitrogens with two attached hydrogens (primary N) is 1. The van der Waals surface area contributed by atoms with Gasteiger partial charge < -0.3 is 15.2 Å². The van der Waals surface area contributed by atoms with E-state index >= 15 is 0 Å². The number of halogens is 1. The Kier molecular flexibility index (Phi) is 3.55. The second-order valence-electron chi connectivity index (χ2n) is 4.87. The zero-order valence-corrected chi connectivity index (χ0v) is 11.9. The molecule has 1 heterocycles. The molecule has 1 unspecified atom stereocenters. The number of rotatable bonds is 2. The highest BCUT2D eigenvalue weighted by Crippen LogP contribution is 2.42. The molecule has 0 amide bonds. The van der Waals surface area contributed by atoms with Gasteiger partial charge in [0.25, 0.3) is 0 Å². The summed E-state index contributed by atoms with van der Waals surface area (Å²) in [7, 11) is 1.63. The number of benzene rings is 2. The highest BCUT2D eigenvalue weighted by molar-refractivity contribution is 6.31. The maximum atomic E-state index is 6.25. The summed E-state index contributed by atoms with van der Waals surface area (Å²) in [6.07, 6.45) is 0.585. The Morgan fingerprint density at radius 1 is 1.20 bits per heavy atom. The molecule has 3 rings (SSSR count). The third-order valence-corrected chi connectivity index (χ3v) is 3.95. The van der Waals surface area contributed by atoms with E-state index < -0.39 is 0 Å². The number of hydrogen-bond donors (Lipinski definition) is 1. The van der Waals surface area contributed by atoms with E-state index in [1.165, 1.54) is 0 Å². The molecule has 20 heavy (non-hydrogen) atoms. The SMILES string of the molecule is COc1ccc2c(c1)OC(c1ccccc1Cl)C[C@H]2N. The lowest BCUT2D eigenvalue weighted by molar-refractivity contribution is 0.161. The molecule has 0 bridgehead atoms. The van der Waals surface area contributed by atoms with E-state index in [9.17, 15) is 0 Å². The monoisotopic (exact) mass is 289 g/mol. The molecule has 0 fully saturated rings.